The number of nitrogens with zero attached hydrogens (tertiary/aromatic N) is 5. The van der Waals surface area contributed by atoms with E-state index in [1.165, 1.54) is 23.0 Å². The average molecular weight is 769 g/mol. The number of aromatic nitrogens is 3. The van der Waals surface area contributed by atoms with E-state index in [4.69, 9.17) is 14.5 Å². The highest BCUT2D eigenvalue weighted by Gasteiger charge is 2.46. The number of pyridine rings is 1. The lowest BCUT2D eigenvalue weighted by Crippen LogP contribution is -2.43. The van der Waals surface area contributed by atoms with E-state index in [0.717, 1.165) is 22.7 Å². The molecule has 0 spiro atoms. The van der Waals surface area contributed by atoms with Crippen LogP contribution in [0.2, 0.25) is 25.7 Å². The number of benzene rings is 2. The molecule has 1 amide bonds. The van der Waals surface area contributed by atoms with E-state index < -0.39 is 42.8 Å². The number of nitrogens with one attached hydrogen (secondary N) is 1. The molecule has 292 valence electrons. The van der Waals surface area contributed by atoms with Crippen LogP contribution in [0.3, 0.4) is 0 Å². The van der Waals surface area contributed by atoms with E-state index >= 15 is 0 Å². The van der Waals surface area contributed by atoms with Crippen LogP contribution in [0.15, 0.2) is 76.9 Å². The molecule has 2 aromatic heterocycles. The van der Waals surface area contributed by atoms with Crippen molar-refractivity contribution in [1.82, 2.24) is 19.2 Å². The Labute approximate surface area is 322 Å². The van der Waals surface area contributed by atoms with Crippen molar-refractivity contribution >= 4 is 31.7 Å². The van der Waals surface area contributed by atoms with Gasteiger partial charge in [0.05, 0.1) is 34.9 Å². The maximum absolute atomic E-state index is 14.5. The van der Waals surface area contributed by atoms with Crippen molar-refractivity contribution < 1.29 is 23.5 Å². The Morgan fingerprint density at radius 1 is 1.00 bits per heavy atom. The van der Waals surface area contributed by atoms with Crippen molar-refractivity contribution in [2.75, 3.05) is 25.0 Å². The standard InChI is InChI=1S/C42H53FN6O5Si/c1-29-8-10-30(11-9-29)25-49-26-33(23-44-49)38(50)45-35-21-36(39(51)48(27-35)28-53-18-19-55(5,6)7)42(40(52)54-41(2,3)4)22-32-20-31(12-13-37(32)46-42)24-47-16-14-34(43)15-17-47/h8-13,20-23,26-27,34H,14-19,24-25,28H2,1-7H3,(H,45,50). The lowest BCUT2D eigenvalue weighted by atomic mass is 9.90. The van der Waals surface area contributed by atoms with Crippen LogP contribution >= 0.6 is 0 Å². The summed E-state index contributed by atoms with van der Waals surface area (Å²) >= 11 is 0. The Bertz CT molecular complexity index is 2210. The first-order chi connectivity index (χ1) is 26.0. The Kier molecular flexibility index (Phi) is 11.7. The summed E-state index contributed by atoms with van der Waals surface area (Å²) in [6.45, 7) is 16.9. The largest absolute Gasteiger partial charge is 0.458 e. The van der Waals surface area contributed by atoms with E-state index in [9.17, 15) is 18.8 Å². The van der Waals surface area contributed by atoms with Gasteiger partial charge in [-0.25, -0.2) is 9.18 Å². The van der Waals surface area contributed by atoms with Gasteiger partial charge < -0.3 is 14.8 Å². The first-order valence-electron chi connectivity index (χ1n) is 19.0. The molecule has 4 aromatic rings. The number of anilines is 1. The number of amides is 1. The summed E-state index contributed by atoms with van der Waals surface area (Å²) in [5.74, 6) is -1.15. The van der Waals surface area contributed by atoms with Gasteiger partial charge in [-0.3, -0.25) is 28.7 Å². The van der Waals surface area contributed by atoms with Crippen LogP contribution in [0, 0.1) is 6.92 Å². The van der Waals surface area contributed by atoms with E-state index in [1.54, 1.807) is 37.7 Å². The minimum atomic E-state index is -1.85. The normalized spacial score (nSPS) is 17.7. The molecular weight excluding hydrogens is 716 g/mol. The topological polar surface area (TPSA) is 120 Å². The Hall–Kier alpha value is -4.72. The molecule has 0 bridgehead atoms. The summed E-state index contributed by atoms with van der Waals surface area (Å²) in [7, 11) is -1.42. The number of hydrogen-bond donors (Lipinski definition) is 1. The molecule has 1 saturated heterocycles. The molecule has 2 aliphatic rings. The summed E-state index contributed by atoms with van der Waals surface area (Å²) in [5, 5.41) is 8.54. The summed E-state index contributed by atoms with van der Waals surface area (Å²) in [5.41, 5.74) is 0.576. The molecule has 2 aliphatic heterocycles. The van der Waals surface area contributed by atoms with Crippen LogP contribution in [-0.2, 0) is 39.6 Å². The third-order valence-corrected chi connectivity index (χ3v) is 11.4. The predicted molar refractivity (Wildman–Crippen MR) is 214 cm³/mol. The molecule has 4 heterocycles. The van der Waals surface area contributed by atoms with Gasteiger partial charge >= 0.3 is 5.97 Å². The fourth-order valence-corrected chi connectivity index (χ4v) is 7.42. The van der Waals surface area contributed by atoms with Gasteiger partial charge in [-0.2, -0.15) is 5.10 Å². The Morgan fingerprint density at radius 2 is 1.71 bits per heavy atom. The second-order valence-corrected chi connectivity index (χ2v) is 22.6. The number of carbonyl (C=O) groups is 2. The van der Waals surface area contributed by atoms with Gasteiger partial charge in [0, 0.05) is 46.7 Å². The quantitative estimate of drug-likeness (QED) is 0.108. The fraction of sp³-hybridized carbons (Fsp3) is 0.452. The minimum Gasteiger partial charge on any atom is -0.458 e. The highest BCUT2D eigenvalue weighted by Crippen LogP contribution is 2.32. The number of alkyl halides is 1. The molecule has 6 rings (SSSR count). The smallest absolute Gasteiger partial charge is 0.343 e. The maximum atomic E-state index is 14.5. The number of piperidine rings is 1. The zero-order chi connectivity index (χ0) is 39.5. The Balaban J connectivity index is 1.37. The van der Waals surface area contributed by atoms with E-state index in [2.05, 4.69) is 35.0 Å². The van der Waals surface area contributed by atoms with Crippen LogP contribution in [0.5, 0.6) is 0 Å². The number of carbonyl (C=O) groups excluding carboxylic acids is 2. The average Bonchev–Trinajstić information content (AvgIpc) is 3.74. The number of rotatable bonds is 13. The molecule has 1 unspecified atom stereocenters. The third kappa shape index (κ3) is 10.1. The highest BCUT2D eigenvalue weighted by molar-refractivity contribution is 6.76. The predicted octanol–water partition coefficient (Wildman–Crippen LogP) is 5.55. The van der Waals surface area contributed by atoms with Crippen molar-refractivity contribution in [3.63, 3.8) is 0 Å². The fourth-order valence-electron chi connectivity index (χ4n) is 6.66. The number of halogens is 1. The van der Waals surface area contributed by atoms with Crippen LogP contribution in [0.4, 0.5) is 10.1 Å². The van der Waals surface area contributed by atoms with E-state index in [1.807, 2.05) is 49.4 Å². The first kappa shape index (κ1) is 40.0. The maximum Gasteiger partial charge on any atom is 0.343 e. The van der Waals surface area contributed by atoms with Gasteiger partial charge in [0.2, 0.25) is 5.54 Å². The van der Waals surface area contributed by atoms with Crippen LogP contribution in [0.1, 0.15) is 66.2 Å². The summed E-state index contributed by atoms with van der Waals surface area (Å²) in [6, 6.07) is 16.3. The van der Waals surface area contributed by atoms with Crippen molar-refractivity contribution in [3.8, 4) is 0 Å². The van der Waals surface area contributed by atoms with Gasteiger partial charge in [-0.1, -0.05) is 55.5 Å². The number of aryl methyl sites for hydroxylation is 1. The molecule has 2 aromatic carbocycles. The lowest BCUT2D eigenvalue weighted by molar-refractivity contribution is -0.159. The van der Waals surface area contributed by atoms with Crippen molar-refractivity contribution in [3.05, 3.63) is 116 Å². The molecule has 1 N–H and O–H groups in total. The molecule has 11 nitrogen and oxygen atoms in total. The molecule has 0 aliphatic carbocycles. The molecule has 0 radical (unpaired) electrons. The van der Waals surface area contributed by atoms with E-state index in [-0.39, 0.29) is 18.0 Å². The van der Waals surface area contributed by atoms with Crippen LogP contribution < -0.4 is 21.5 Å². The van der Waals surface area contributed by atoms with Crippen molar-refractivity contribution in [2.45, 2.75) is 103 Å². The molecule has 1 atom stereocenters. The second kappa shape index (κ2) is 16.2. The second-order valence-electron chi connectivity index (χ2n) is 17.0. The first-order valence-corrected chi connectivity index (χ1v) is 22.7. The van der Waals surface area contributed by atoms with Gasteiger partial charge in [0.1, 0.15) is 18.5 Å². The van der Waals surface area contributed by atoms with Gasteiger partial charge in [-0.05, 0) is 87.2 Å². The summed E-state index contributed by atoms with van der Waals surface area (Å²) in [4.78, 5) is 49.7. The number of ether oxygens (including phenoxy) is 2. The highest BCUT2D eigenvalue weighted by atomic mass is 28.3. The molecule has 13 heteroatoms. The summed E-state index contributed by atoms with van der Waals surface area (Å²) < 4.78 is 28.9. The summed E-state index contributed by atoms with van der Waals surface area (Å²) in [6.07, 6.45) is 6.61. The van der Waals surface area contributed by atoms with Crippen LogP contribution in [0.25, 0.3) is 6.08 Å². The monoisotopic (exact) mass is 768 g/mol. The molecule has 1 fully saturated rings. The van der Waals surface area contributed by atoms with E-state index in [0.29, 0.717) is 61.8 Å². The SMILES string of the molecule is Cc1ccc(Cn2cc(C(=O)Nc3cc(C4(C(=O)OC(C)(C)C)C=c5cc(CN6CCC(F)CC6)ccc5=N4)c(=O)n(COCC[Si](C)(C)C)c3)cn2)cc1. The number of esters is 1. The van der Waals surface area contributed by atoms with Gasteiger partial charge in [0.15, 0.2) is 0 Å². The van der Waals surface area contributed by atoms with Crippen molar-refractivity contribution in [1.29, 1.82) is 0 Å². The van der Waals surface area contributed by atoms with Crippen LogP contribution in [-0.4, -0.2) is 70.7 Å². The van der Waals surface area contributed by atoms with Crippen molar-refractivity contribution in [2.24, 2.45) is 4.99 Å². The zero-order valence-electron chi connectivity index (χ0n) is 33.0. The molecule has 55 heavy (non-hydrogen) atoms. The number of hydrogen-bond acceptors (Lipinski definition) is 8. The van der Waals surface area contributed by atoms with Gasteiger partial charge in [0.25, 0.3) is 11.5 Å². The third-order valence-electron chi connectivity index (χ3n) is 9.73. The van der Waals surface area contributed by atoms with Gasteiger partial charge in [-0.15, -0.1) is 0 Å². The lowest BCUT2D eigenvalue weighted by Gasteiger charge is -2.28. The Morgan fingerprint density at radius 3 is 2.40 bits per heavy atom. The molecular formula is C42H53FN6O5Si. The molecule has 0 saturated carbocycles. The minimum absolute atomic E-state index is 0.0196. The zero-order valence-corrected chi connectivity index (χ0v) is 34.0. The number of fused-ring (bicyclic) bond motifs is 1. The number of likely N-dealkylation sites (tertiary alicyclic amines) is 1.